The first-order valence-electron chi connectivity index (χ1n) is 4.18. The van der Waals surface area contributed by atoms with Crippen LogP contribution in [0.1, 0.15) is 0 Å². The highest BCUT2D eigenvalue weighted by molar-refractivity contribution is 6.12. The molecule has 0 saturated carbocycles. The molecule has 0 aliphatic carbocycles. The highest BCUT2D eigenvalue weighted by Gasteiger charge is 2.22. The number of amides is 2. The average Bonchev–Trinajstić information content (AvgIpc) is 2.48. The largest absolute Gasteiger partial charge is 0.377 e. The van der Waals surface area contributed by atoms with Gasteiger partial charge < -0.3 is 9.57 Å². The second kappa shape index (κ2) is 5.48. The Morgan fingerprint density at radius 1 is 1.14 bits per heavy atom. The van der Waals surface area contributed by atoms with Gasteiger partial charge >= 0.3 is 0 Å². The Bertz CT molecular complexity index is 234. The molecule has 14 heavy (non-hydrogen) atoms. The molecule has 1 rings (SSSR count). The van der Waals surface area contributed by atoms with E-state index in [0.29, 0.717) is 19.8 Å². The zero-order valence-corrected chi connectivity index (χ0v) is 7.64. The van der Waals surface area contributed by atoms with Gasteiger partial charge in [0.05, 0.1) is 26.4 Å². The van der Waals surface area contributed by atoms with Crippen molar-refractivity contribution in [2.24, 2.45) is 5.90 Å². The number of nitrogens with two attached hydrogens (primary N) is 1. The van der Waals surface area contributed by atoms with Gasteiger partial charge in [-0.2, -0.15) is 0 Å². The molecule has 0 saturated heterocycles. The monoisotopic (exact) mass is 200 g/mol. The highest BCUT2D eigenvalue weighted by Crippen LogP contribution is 2.02. The Kier molecular flexibility index (Phi) is 4.24. The minimum absolute atomic E-state index is 0.259. The second-order valence-electron chi connectivity index (χ2n) is 2.64. The summed E-state index contributed by atoms with van der Waals surface area (Å²) in [5.41, 5.74) is 0. The Morgan fingerprint density at radius 2 is 1.79 bits per heavy atom. The molecule has 0 aromatic rings. The summed E-state index contributed by atoms with van der Waals surface area (Å²) in [4.78, 5) is 27.4. The lowest BCUT2D eigenvalue weighted by Crippen LogP contribution is -2.33. The molecule has 78 valence electrons. The van der Waals surface area contributed by atoms with Gasteiger partial charge in [0, 0.05) is 12.2 Å². The number of hydrogen-bond acceptors (Lipinski definition) is 5. The SMILES string of the molecule is NOCCOCCN1C(=O)C=CC1=O. The lowest BCUT2D eigenvalue weighted by atomic mass is 10.5. The van der Waals surface area contributed by atoms with E-state index in [4.69, 9.17) is 10.6 Å². The number of carbonyl (C=O) groups is 2. The maximum absolute atomic E-state index is 11.0. The Balaban J connectivity index is 2.13. The molecule has 0 bridgehead atoms. The summed E-state index contributed by atoms with van der Waals surface area (Å²) in [7, 11) is 0. The van der Waals surface area contributed by atoms with Crippen molar-refractivity contribution < 1.29 is 19.2 Å². The Labute approximate surface area is 81.2 Å². The molecule has 1 aliphatic heterocycles. The first-order valence-corrected chi connectivity index (χ1v) is 4.18. The molecule has 1 heterocycles. The van der Waals surface area contributed by atoms with Gasteiger partial charge in [-0.05, 0) is 0 Å². The van der Waals surface area contributed by atoms with E-state index < -0.39 is 0 Å². The maximum atomic E-state index is 11.0. The standard InChI is InChI=1S/C8H12N2O4/c9-14-6-5-13-4-3-10-7(11)1-2-8(10)12/h1-2H,3-6,9H2. The molecule has 2 N–H and O–H groups in total. The van der Waals surface area contributed by atoms with E-state index in [1.54, 1.807) is 0 Å². The van der Waals surface area contributed by atoms with Crippen molar-refractivity contribution in [2.75, 3.05) is 26.4 Å². The molecule has 0 unspecified atom stereocenters. The van der Waals surface area contributed by atoms with E-state index in [1.807, 2.05) is 0 Å². The normalized spacial score (nSPS) is 15.6. The summed E-state index contributed by atoms with van der Waals surface area (Å²) in [6.07, 6.45) is 2.48. The highest BCUT2D eigenvalue weighted by atomic mass is 16.6. The summed E-state index contributed by atoms with van der Waals surface area (Å²) in [6.45, 7) is 1.19. The Hall–Kier alpha value is -1.24. The van der Waals surface area contributed by atoms with Crippen LogP contribution >= 0.6 is 0 Å². The van der Waals surface area contributed by atoms with Crippen LogP contribution in [0.15, 0.2) is 12.2 Å². The van der Waals surface area contributed by atoms with Crippen LogP contribution < -0.4 is 5.90 Å². The fourth-order valence-electron chi connectivity index (χ4n) is 1.02. The van der Waals surface area contributed by atoms with E-state index in [0.717, 1.165) is 4.90 Å². The quantitative estimate of drug-likeness (QED) is 0.331. The molecule has 6 nitrogen and oxygen atoms in total. The van der Waals surface area contributed by atoms with E-state index in [-0.39, 0.29) is 18.4 Å². The van der Waals surface area contributed by atoms with E-state index in [9.17, 15) is 9.59 Å². The second-order valence-corrected chi connectivity index (χ2v) is 2.64. The molecule has 1 aliphatic rings. The van der Waals surface area contributed by atoms with Crippen molar-refractivity contribution in [3.8, 4) is 0 Å². The molecule has 0 aromatic carbocycles. The smallest absolute Gasteiger partial charge is 0.253 e. The summed E-state index contributed by atoms with van der Waals surface area (Å²) >= 11 is 0. The van der Waals surface area contributed by atoms with Crippen LogP contribution in [0, 0.1) is 0 Å². The van der Waals surface area contributed by atoms with Crippen LogP contribution in [0.5, 0.6) is 0 Å². The summed E-state index contributed by atoms with van der Waals surface area (Å²) < 4.78 is 5.05. The van der Waals surface area contributed by atoms with Crippen molar-refractivity contribution in [1.82, 2.24) is 4.90 Å². The van der Waals surface area contributed by atoms with E-state index >= 15 is 0 Å². The van der Waals surface area contributed by atoms with Gasteiger partial charge in [-0.15, -0.1) is 0 Å². The zero-order valence-electron chi connectivity index (χ0n) is 7.64. The van der Waals surface area contributed by atoms with Gasteiger partial charge in [0.15, 0.2) is 0 Å². The lowest BCUT2D eigenvalue weighted by Gasteiger charge is -2.13. The molecular weight excluding hydrogens is 188 g/mol. The first-order chi connectivity index (χ1) is 6.75. The molecule has 0 fully saturated rings. The van der Waals surface area contributed by atoms with Gasteiger partial charge in [-0.1, -0.05) is 0 Å². The van der Waals surface area contributed by atoms with E-state index in [1.165, 1.54) is 12.2 Å². The molecule has 0 atom stereocenters. The fraction of sp³-hybridized carbons (Fsp3) is 0.500. The van der Waals surface area contributed by atoms with Crippen molar-refractivity contribution in [1.29, 1.82) is 0 Å². The third-order valence-electron chi connectivity index (χ3n) is 1.71. The third-order valence-corrected chi connectivity index (χ3v) is 1.71. The van der Waals surface area contributed by atoms with Crippen LogP contribution in [0.2, 0.25) is 0 Å². The molecular formula is C8H12N2O4. The number of rotatable bonds is 6. The number of hydrogen-bond donors (Lipinski definition) is 1. The molecule has 0 radical (unpaired) electrons. The van der Waals surface area contributed by atoms with Crippen LogP contribution in [-0.4, -0.2) is 43.1 Å². The third kappa shape index (κ3) is 2.91. The van der Waals surface area contributed by atoms with E-state index in [2.05, 4.69) is 4.84 Å². The molecule has 6 heteroatoms. The first kappa shape index (κ1) is 10.8. The van der Waals surface area contributed by atoms with Crippen LogP contribution in [-0.2, 0) is 19.2 Å². The van der Waals surface area contributed by atoms with Crippen molar-refractivity contribution >= 4 is 11.8 Å². The van der Waals surface area contributed by atoms with Gasteiger partial charge in [0.25, 0.3) is 11.8 Å². The van der Waals surface area contributed by atoms with Crippen LogP contribution in [0.25, 0.3) is 0 Å². The van der Waals surface area contributed by atoms with Crippen molar-refractivity contribution in [3.05, 3.63) is 12.2 Å². The summed E-state index contributed by atoms with van der Waals surface area (Å²) in [5, 5.41) is 0. The predicted molar refractivity (Wildman–Crippen MR) is 46.8 cm³/mol. The van der Waals surface area contributed by atoms with Gasteiger partial charge in [0.2, 0.25) is 0 Å². The predicted octanol–water partition coefficient (Wildman–Crippen LogP) is -1.18. The zero-order chi connectivity index (χ0) is 10.4. The number of imide groups is 1. The maximum Gasteiger partial charge on any atom is 0.253 e. The summed E-state index contributed by atoms with van der Waals surface area (Å²) in [6, 6.07) is 0. The fourth-order valence-corrected chi connectivity index (χ4v) is 1.02. The Morgan fingerprint density at radius 3 is 2.36 bits per heavy atom. The lowest BCUT2D eigenvalue weighted by molar-refractivity contribution is -0.137. The van der Waals surface area contributed by atoms with Gasteiger partial charge in [0.1, 0.15) is 0 Å². The molecule has 0 spiro atoms. The minimum Gasteiger partial charge on any atom is -0.377 e. The topological polar surface area (TPSA) is 81.9 Å². The molecule has 2 amide bonds. The number of carbonyl (C=O) groups excluding carboxylic acids is 2. The van der Waals surface area contributed by atoms with Crippen LogP contribution in [0.4, 0.5) is 0 Å². The van der Waals surface area contributed by atoms with Gasteiger partial charge in [-0.3, -0.25) is 14.5 Å². The number of nitrogens with zero attached hydrogens (tertiary/aromatic N) is 1. The average molecular weight is 200 g/mol. The number of ether oxygens (including phenoxy) is 1. The van der Waals surface area contributed by atoms with Gasteiger partial charge in [-0.25, -0.2) is 5.90 Å². The summed E-state index contributed by atoms with van der Waals surface area (Å²) in [5.74, 6) is 4.17. The minimum atomic E-state index is -0.298. The van der Waals surface area contributed by atoms with Crippen LogP contribution in [0.3, 0.4) is 0 Å². The molecule has 0 aromatic heterocycles. The van der Waals surface area contributed by atoms with Crippen molar-refractivity contribution in [2.45, 2.75) is 0 Å². The van der Waals surface area contributed by atoms with Crippen molar-refractivity contribution in [3.63, 3.8) is 0 Å².